The van der Waals surface area contributed by atoms with Crippen molar-refractivity contribution in [1.82, 2.24) is 39.8 Å². The standard InChI is InChI=1S/C20H24F2N6O3.C13H18ClN5O2.C7H7F2NO.CH4/c1-20(2,10-29)9-24-19(30)12-8-25-28-16(23-3)7-15(27-18(12)28)26-14-6-11(21)5-13(22)17(14)31-4;1-13(2,7-20)6-16-12(21)8-5-17-19-10(15-3)4-9(14)18-11(8)19;1-11-7-5(9)2-4(8)3-6(7)10;/h5-8,23,29H,9-10H2,1-4H3,(H,24,30)(H,26,27);4-5,15,20H,6-7H2,1-3H3,(H,16,21);2-3H,10H2,1H3;1H4. The van der Waals surface area contributed by atoms with Gasteiger partial charge < -0.3 is 52.0 Å². The highest BCUT2D eigenvalue weighted by molar-refractivity contribution is 6.29. The van der Waals surface area contributed by atoms with Gasteiger partial charge >= 0.3 is 0 Å². The monoisotopic (exact) mass is 920 g/mol. The SMILES string of the molecule is C.CNc1cc(Cl)nc2c(C(=O)NCC(C)(C)CO)cnn12.CNc1cc(Nc2cc(F)cc(F)c2OC)nc2c(C(=O)NCC(C)(C)CO)cnn12.COc1c(N)cc(F)cc1F. The Morgan fingerprint density at radius 3 is 1.64 bits per heavy atom. The molecule has 4 heterocycles. The van der Waals surface area contributed by atoms with Gasteiger partial charge in [0.1, 0.15) is 45.4 Å². The number of aliphatic hydroxyl groups excluding tert-OH is 2. The van der Waals surface area contributed by atoms with Crippen LogP contribution >= 0.6 is 11.6 Å². The van der Waals surface area contributed by atoms with Crippen molar-refractivity contribution in [2.24, 2.45) is 10.8 Å². The van der Waals surface area contributed by atoms with Crippen LogP contribution < -0.4 is 41.8 Å². The molecule has 0 fully saturated rings. The van der Waals surface area contributed by atoms with Gasteiger partial charge in [0, 0.05) is 87.6 Å². The van der Waals surface area contributed by atoms with Gasteiger partial charge in [-0.15, -0.1) is 0 Å². The quantitative estimate of drug-likeness (QED) is 0.0360. The summed E-state index contributed by atoms with van der Waals surface area (Å²) in [6.07, 6.45) is 2.82. The van der Waals surface area contributed by atoms with Crippen LogP contribution in [0.1, 0.15) is 55.8 Å². The Morgan fingerprint density at radius 1 is 0.734 bits per heavy atom. The summed E-state index contributed by atoms with van der Waals surface area (Å²) in [5.41, 5.74) is 5.49. The van der Waals surface area contributed by atoms with Crippen LogP contribution in [-0.2, 0) is 0 Å². The van der Waals surface area contributed by atoms with Crippen molar-refractivity contribution in [2.75, 3.05) is 76.3 Å². The molecule has 0 radical (unpaired) electrons. The lowest BCUT2D eigenvalue weighted by Crippen LogP contribution is -2.36. The van der Waals surface area contributed by atoms with E-state index in [-0.39, 0.29) is 83.6 Å². The van der Waals surface area contributed by atoms with Gasteiger partial charge in [-0.2, -0.15) is 19.2 Å². The first-order chi connectivity index (χ1) is 29.7. The molecule has 64 heavy (non-hydrogen) atoms. The molecular weight excluding hydrogens is 868 g/mol. The normalized spacial score (nSPS) is 11.0. The Balaban J connectivity index is 0.000000284. The predicted molar refractivity (Wildman–Crippen MR) is 237 cm³/mol. The number of methoxy groups -OCH3 is 2. The van der Waals surface area contributed by atoms with Crippen LogP contribution in [0.3, 0.4) is 0 Å². The third-order valence-electron chi connectivity index (χ3n) is 8.94. The molecule has 348 valence electrons. The lowest BCUT2D eigenvalue weighted by molar-refractivity contribution is 0.0904. The van der Waals surface area contributed by atoms with Crippen LogP contribution in [0.4, 0.5) is 46.4 Å². The van der Waals surface area contributed by atoms with E-state index in [0.717, 1.165) is 18.2 Å². The van der Waals surface area contributed by atoms with Crippen molar-refractivity contribution in [1.29, 1.82) is 0 Å². The number of nitrogen functional groups attached to an aromatic ring is 1. The van der Waals surface area contributed by atoms with Crippen LogP contribution in [0.5, 0.6) is 11.5 Å². The largest absolute Gasteiger partial charge is 0.492 e. The Hall–Kier alpha value is -6.65. The number of carbonyl (C=O) groups is 2. The number of ether oxygens (including phenoxy) is 2. The molecule has 0 aliphatic heterocycles. The second kappa shape index (κ2) is 22.1. The van der Waals surface area contributed by atoms with Crippen LogP contribution in [0, 0.1) is 34.1 Å². The zero-order valence-corrected chi connectivity index (χ0v) is 36.4. The fourth-order valence-electron chi connectivity index (χ4n) is 5.37. The van der Waals surface area contributed by atoms with Crippen LogP contribution in [0.25, 0.3) is 11.3 Å². The lowest BCUT2D eigenvalue weighted by atomic mass is 9.95. The predicted octanol–water partition coefficient (Wildman–Crippen LogP) is 5.91. The van der Waals surface area contributed by atoms with Gasteiger partial charge in [0.2, 0.25) is 0 Å². The van der Waals surface area contributed by atoms with E-state index in [9.17, 15) is 37.4 Å². The maximum Gasteiger partial charge on any atom is 0.256 e. The number of hydrogen-bond donors (Lipinski definition) is 8. The molecule has 2 aromatic carbocycles. The number of aliphatic hydroxyl groups is 2. The number of aromatic nitrogens is 6. The van der Waals surface area contributed by atoms with Crippen molar-refractivity contribution in [3.8, 4) is 11.5 Å². The van der Waals surface area contributed by atoms with Gasteiger partial charge in [0.15, 0.2) is 34.4 Å². The minimum Gasteiger partial charge on any atom is -0.492 e. The average Bonchev–Trinajstić information content (AvgIpc) is 3.86. The molecule has 6 rings (SSSR count). The van der Waals surface area contributed by atoms with Gasteiger partial charge in [-0.3, -0.25) is 9.59 Å². The fourth-order valence-corrected chi connectivity index (χ4v) is 5.56. The summed E-state index contributed by atoms with van der Waals surface area (Å²) in [6, 6.07) is 6.70. The number of nitrogens with zero attached hydrogens (tertiary/aromatic N) is 6. The number of rotatable bonds is 14. The molecule has 0 aliphatic carbocycles. The highest BCUT2D eigenvalue weighted by atomic mass is 35.5. The summed E-state index contributed by atoms with van der Waals surface area (Å²) >= 11 is 5.95. The first-order valence-corrected chi connectivity index (χ1v) is 19.2. The minimum absolute atomic E-state index is 0. The molecule has 0 atom stereocenters. The zero-order chi connectivity index (χ0) is 46.8. The maximum absolute atomic E-state index is 14.0. The Bertz CT molecular complexity index is 2550. The van der Waals surface area contributed by atoms with Gasteiger partial charge in [-0.05, 0) is 0 Å². The summed E-state index contributed by atoms with van der Waals surface area (Å²) in [7, 11) is 5.93. The Labute approximate surface area is 371 Å². The van der Waals surface area contributed by atoms with Crippen LogP contribution in [0.15, 0.2) is 48.8 Å². The second-order valence-corrected chi connectivity index (χ2v) is 15.6. The van der Waals surface area contributed by atoms with Crippen molar-refractivity contribution in [3.63, 3.8) is 0 Å². The molecule has 18 nitrogen and oxygen atoms in total. The van der Waals surface area contributed by atoms with E-state index in [1.165, 1.54) is 35.6 Å². The van der Waals surface area contributed by atoms with Gasteiger partial charge in [-0.1, -0.05) is 46.7 Å². The van der Waals surface area contributed by atoms with Crippen molar-refractivity contribution in [2.45, 2.75) is 35.1 Å². The van der Waals surface area contributed by atoms with Crippen molar-refractivity contribution >= 4 is 63.5 Å². The molecule has 0 aliphatic rings. The van der Waals surface area contributed by atoms with E-state index >= 15 is 0 Å². The summed E-state index contributed by atoms with van der Waals surface area (Å²) < 4.78 is 65.3. The number of anilines is 5. The number of halogens is 5. The number of hydrogen-bond acceptors (Lipinski definition) is 14. The molecule has 2 amide bonds. The van der Waals surface area contributed by atoms with Gasteiger partial charge in [-0.25, -0.2) is 27.5 Å². The first-order valence-electron chi connectivity index (χ1n) is 18.9. The fraction of sp³-hybridized carbons (Fsp3) is 0.366. The van der Waals surface area contributed by atoms with Crippen LogP contribution in [0.2, 0.25) is 5.15 Å². The highest BCUT2D eigenvalue weighted by Crippen LogP contribution is 2.32. The molecule has 0 spiro atoms. The van der Waals surface area contributed by atoms with E-state index in [0.29, 0.717) is 35.5 Å². The zero-order valence-electron chi connectivity index (χ0n) is 35.6. The third kappa shape index (κ3) is 12.7. The van der Waals surface area contributed by atoms with E-state index in [4.69, 9.17) is 22.1 Å². The summed E-state index contributed by atoms with van der Waals surface area (Å²) in [4.78, 5) is 33.5. The number of amides is 2. The first kappa shape index (κ1) is 51.7. The molecule has 9 N–H and O–H groups in total. The number of carbonyl (C=O) groups excluding carboxylic acids is 2. The van der Waals surface area contributed by atoms with E-state index in [1.54, 1.807) is 26.2 Å². The third-order valence-corrected chi connectivity index (χ3v) is 9.14. The number of benzene rings is 2. The van der Waals surface area contributed by atoms with Crippen LogP contribution in [-0.4, -0.2) is 106 Å². The van der Waals surface area contributed by atoms with Gasteiger partial charge in [0.25, 0.3) is 11.8 Å². The Kier molecular flexibility index (Phi) is 17.9. The number of nitrogens with two attached hydrogens (primary N) is 1. The molecule has 0 saturated heterocycles. The van der Waals surface area contributed by atoms with Gasteiger partial charge in [0.05, 0.1) is 38.0 Å². The smallest absolute Gasteiger partial charge is 0.256 e. The lowest BCUT2D eigenvalue weighted by Gasteiger charge is -2.21. The second-order valence-electron chi connectivity index (χ2n) is 15.2. The van der Waals surface area contributed by atoms with E-state index in [2.05, 4.69) is 51.5 Å². The molecule has 0 unspecified atom stereocenters. The molecule has 23 heteroatoms. The van der Waals surface area contributed by atoms with E-state index in [1.807, 2.05) is 27.7 Å². The number of fused-ring (bicyclic) bond motifs is 2. The maximum atomic E-state index is 14.0. The van der Waals surface area contributed by atoms with Crippen molar-refractivity contribution < 1.29 is 46.8 Å². The summed E-state index contributed by atoms with van der Waals surface area (Å²) in [5, 5.41) is 41.4. The Morgan fingerprint density at radius 2 is 1.19 bits per heavy atom. The average molecular weight is 921 g/mol. The molecule has 4 aromatic heterocycles. The molecule has 0 bridgehead atoms. The number of nitrogens with one attached hydrogen (secondary N) is 5. The van der Waals surface area contributed by atoms with E-state index < -0.39 is 34.6 Å². The molecular formula is C41H53ClF4N12O6. The van der Waals surface area contributed by atoms with Crippen molar-refractivity contribution in [3.05, 3.63) is 88.3 Å². The summed E-state index contributed by atoms with van der Waals surface area (Å²) in [5.74, 6) is -2.82. The molecule has 0 saturated carbocycles. The summed E-state index contributed by atoms with van der Waals surface area (Å²) in [6.45, 7) is 7.83. The topological polar surface area (TPSA) is 240 Å². The molecule has 6 aromatic rings. The minimum atomic E-state index is -0.865. The highest BCUT2D eigenvalue weighted by Gasteiger charge is 2.23.